The Labute approximate surface area is 193 Å². The van der Waals surface area contributed by atoms with Crippen LogP contribution in [0.4, 0.5) is 5.69 Å². The van der Waals surface area contributed by atoms with Crippen LogP contribution < -0.4 is 10.2 Å². The molecule has 32 heavy (non-hydrogen) atoms. The highest BCUT2D eigenvalue weighted by Gasteiger charge is 2.18. The van der Waals surface area contributed by atoms with Crippen molar-refractivity contribution < 1.29 is 14.3 Å². The average Bonchev–Trinajstić information content (AvgIpc) is 2.80. The van der Waals surface area contributed by atoms with Crippen LogP contribution in [-0.2, 0) is 11.3 Å². The minimum atomic E-state index is -0.384. The molecule has 0 spiro atoms. The fourth-order valence-electron chi connectivity index (χ4n) is 3.06. The van der Waals surface area contributed by atoms with Crippen LogP contribution in [0.3, 0.4) is 0 Å². The molecule has 0 saturated carbocycles. The number of carbonyl (C=O) groups excluding carboxylic acids is 2. The van der Waals surface area contributed by atoms with E-state index in [-0.39, 0.29) is 17.0 Å². The van der Waals surface area contributed by atoms with Crippen molar-refractivity contribution in [1.29, 1.82) is 0 Å². The summed E-state index contributed by atoms with van der Waals surface area (Å²) in [4.78, 5) is 30.7. The van der Waals surface area contributed by atoms with Crippen molar-refractivity contribution in [1.82, 2.24) is 10.3 Å². The molecule has 1 heterocycles. The first-order valence-electron chi connectivity index (χ1n) is 10.2. The van der Waals surface area contributed by atoms with E-state index in [2.05, 4.69) is 10.3 Å². The smallest absolute Gasteiger partial charge is 0.338 e. The Morgan fingerprint density at radius 2 is 1.62 bits per heavy atom. The summed E-state index contributed by atoms with van der Waals surface area (Å²) in [6, 6.07) is 16.2. The molecule has 0 fully saturated rings. The average molecular weight is 448 g/mol. The highest BCUT2D eigenvalue weighted by atomic mass is 32.1. The van der Waals surface area contributed by atoms with Crippen LogP contribution in [0.1, 0.15) is 44.3 Å². The summed E-state index contributed by atoms with van der Waals surface area (Å²) in [6.07, 6.45) is 3.40. The second-order valence-electron chi connectivity index (χ2n) is 7.27. The Morgan fingerprint density at radius 1 is 0.969 bits per heavy atom. The van der Waals surface area contributed by atoms with Crippen LogP contribution in [0.5, 0.6) is 0 Å². The maximum atomic E-state index is 12.8. The Bertz CT molecular complexity index is 1120. The zero-order valence-corrected chi connectivity index (χ0v) is 19.1. The van der Waals surface area contributed by atoms with Crippen LogP contribution in [0.15, 0.2) is 67.0 Å². The van der Waals surface area contributed by atoms with Gasteiger partial charge in [0.1, 0.15) is 0 Å². The topological polar surface area (TPSA) is 71.5 Å². The number of anilines is 1. The van der Waals surface area contributed by atoms with E-state index < -0.39 is 0 Å². The Kier molecular flexibility index (Phi) is 7.68. The number of aryl methyl sites for hydroxylation is 2. The summed E-state index contributed by atoms with van der Waals surface area (Å²) in [7, 11) is 0. The molecule has 0 atom stereocenters. The molecule has 0 bridgehead atoms. The van der Waals surface area contributed by atoms with Gasteiger partial charge < -0.3 is 9.64 Å². The summed E-state index contributed by atoms with van der Waals surface area (Å²) in [5.41, 5.74) is 4.84. The van der Waals surface area contributed by atoms with Gasteiger partial charge in [0.25, 0.3) is 5.91 Å². The number of ether oxygens (including phenoxy) is 1. The number of rotatable bonds is 6. The maximum Gasteiger partial charge on any atom is 0.338 e. The standard InChI is InChI=1S/C25H25N3O3S/c1-4-31-24(30)20-7-9-22(10-8-20)28(16-19-11-13-26-14-12-19)25(32)27-23(29)21-6-5-17(2)18(3)15-21/h5-15H,4,16H2,1-3H3,(H,27,29,32). The molecule has 2 aromatic carbocycles. The molecule has 0 saturated heterocycles. The molecule has 6 nitrogen and oxygen atoms in total. The Hall–Kier alpha value is -3.58. The third kappa shape index (κ3) is 5.76. The number of hydrogen-bond donors (Lipinski definition) is 1. The van der Waals surface area contributed by atoms with E-state index in [1.165, 1.54) is 0 Å². The van der Waals surface area contributed by atoms with Gasteiger partial charge in [-0.25, -0.2) is 4.79 Å². The number of carbonyl (C=O) groups is 2. The minimum absolute atomic E-state index is 0.258. The van der Waals surface area contributed by atoms with Crippen molar-refractivity contribution in [3.63, 3.8) is 0 Å². The van der Waals surface area contributed by atoms with Crippen molar-refractivity contribution in [2.45, 2.75) is 27.3 Å². The van der Waals surface area contributed by atoms with Crippen molar-refractivity contribution in [2.75, 3.05) is 11.5 Å². The molecule has 164 valence electrons. The van der Waals surface area contributed by atoms with Crippen LogP contribution in [0, 0.1) is 13.8 Å². The van der Waals surface area contributed by atoms with Gasteiger partial charge in [-0.2, -0.15) is 0 Å². The van der Waals surface area contributed by atoms with Gasteiger partial charge in [-0.1, -0.05) is 6.07 Å². The van der Waals surface area contributed by atoms with Gasteiger partial charge >= 0.3 is 5.97 Å². The molecule has 3 rings (SSSR count). The fraction of sp³-hybridized carbons (Fsp3) is 0.200. The molecule has 1 N–H and O–H groups in total. The number of thiocarbonyl (C=S) groups is 1. The van der Waals surface area contributed by atoms with E-state index in [1.807, 2.05) is 38.1 Å². The largest absolute Gasteiger partial charge is 0.462 e. The van der Waals surface area contributed by atoms with Crippen molar-refractivity contribution in [2.24, 2.45) is 0 Å². The first kappa shape index (κ1) is 23.1. The van der Waals surface area contributed by atoms with E-state index in [9.17, 15) is 9.59 Å². The second-order valence-corrected chi connectivity index (χ2v) is 7.65. The predicted molar refractivity (Wildman–Crippen MR) is 129 cm³/mol. The molecule has 1 amide bonds. The number of nitrogens with zero attached hydrogens (tertiary/aromatic N) is 2. The van der Waals surface area contributed by atoms with Gasteiger partial charge in [-0.15, -0.1) is 0 Å². The van der Waals surface area contributed by atoms with Gasteiger partial charge in [0.2, 0.25) is 0 Å². The second kappa shape index (κ2) is 10.6. The molecule has 7 heteroatoms. The first-order chi connectivity index (χ1) is 15.4. The van der Waals surface area contributed by atoms with Crippen LogP contribution in [0.25, 0.3) is 0 Å². The SMILES string of the molecule is CCOC(=O)c1ccc(N(Cc2ccncc2)C(=S)NC(=O)c2ccc(C)c(C)c2)cc1. The zero-order chi connectivity index (χ0) is 23.1. The van der Waals surface area contributed by atoms with Gasteiger partial charge in [0.15, 0.2) is 5.11 Å². The molecule has 0 radical (unpaired) electrons. The van der Waals surface area contributed by atoms with Crippen molar-refractivity contribution in [3.8, 4) is 0 Å². The molecule has 0 aliphatic heterocycles. The Morgan fingerprint density at radius 3 is 2.25 bits per heavy atom. The van der Waals surface area contributed by atoms with E-state index >= 15 is 0 Å². The van der Waals surface area contributed by atoms with E-state index in [0.717, 1.165) is 22.4 Å². The summed E-state index contributed by atoms with van der Waals surface area (Å²) in [5.74, 6) is -0.661. The quantitative estimate of drug-likeness (QED) is 0.440. The number of hydrogen-bond acceptors (Lipinski definition) is 5. The van der Waals surface area contributed by atoms with Gasteiger partial charge in [-0.05, 0) is 98.2 Å². The van der Waals surface area contributed by atoms with Crippen LogP contribution in [-0.4, -0.2) is 28.6 Å². The summed E-state index contributed by atoms with van der Waals surface area (Å²) < 4.78 is 5.05. The number of benzene rings is 2. The summed E-state index contributed by atoms with van der Waals surface area (Å²) in [6.45, 7) is 6.46. The molecule has 1 aromatic heterocycles. The number of nitrogens with one attached hydrogen (secondary N) is 1. The minimum Gasteiger partial charge on any atom is -0.462 e. The normalized spacial score (nSPS) is 10.3. The molecule has 3 aromatic rings. The van der Waals surface area contributed by atoms with E-state index in [1.54, 1.807) is 54.5 Å². The molecular weight excluding hydrogens is 422 g/mol. The first-order valence-corrected chi connectivity index (χ1v) is 10.7. The number of pyridine rings is 1. The number of esters is 1. The van der Waals surface area contributed by atoms with Gasteiger partial charge in [-0.3, -0.25) is 15.1 Å². The highest BCUT2D eigenvalue weighted by molar-refractivity contribution is 7.80. The lowest BCUT2D eigenvalue weighted by molar-refractivity contribution is 0.0526. The third-order valence-electron chi connectivity index (χ3n) is 5.01. The maximum absolute atomic E-state index is 12.8. The number of amides is 1. The number of aromatic nitrogens is 1. The highest BCUT2D eigenvalue weighted by Crippen LogP contribution is 2.20. The fourth-order valence-corrected chi connectivity index (χ4v) is 3.33. The lowest BCUT2D eigenvalue weighted by Gasteiger charge is -2.26. The summed E-state index contributed by atoms with van der Waals surface area (Å²) in [5, 5.41) is 3.09. The lowest BCUT2D eigenvalue weighted by atomic mass is 10.1. The van der Waals surface area contributed by atoms with Crippen LogP contribution >= 0.6 is 12.2 Å². The molecule has 0 aliphatic rings. The van der Waals surface area contributed by atoms with Crippen LogP contribution in [0.2, 0.25) is 0 Å². The zero-order valence-electron chi connectivity index (χ0n) is 18.3. The van der Waals surface area contributed by atoms with E-state index in [4.69, 9.17) is 17.0 Å². The summed E-state index contributed by atoms with van der Waals surface area (Å²) >= 11 is 5.60. The molecular formula is C25H25N3O3S. The molecule has 0 aliphatic carbocycles. The van der Waals surface area contributed by atoms with E-state index in [0.29, 0.717) is 24.3 Å². The monoisotopic (exact) mass is 447 g/mol. The predicted octanol–water partition coefficient (Wildman–Crippen LogP) is 4.60. The van der Waals surface area contributed by atoms with Crippen molar-refractivity contribution in [3.05, 3.63) is 94.8 Å². The Balaban J connectivity index is 1.85. The van der Waals surface area contributed by atoms with Gasteiger partial charge in [0.05, 0.1) is 18.7 Å². The van der Waals surface area contributed by atoms with Crippen molar-refractivity contribution >= 4 is 34.9 Å². The molecule has 0 unspecified atom stereocenters. The lowest BCUT2D eigenvalue weighted by Crippen LogP contribution is -2.42. The third-order valence-corrected chi connectivity index (χ3v) is 5.34. The van der Waals surface area contributed by atoms with Gasteiger partial charge in [0, 0.05) is 23.6 Å².